The average molecular weight is 315 g/mol. The van der Waals surface area contributed by atoms with Crippen LogP contribution in [0.4, 0.5) is 8.78 Å². The van der Waals surface area contributed by atoms with E-state index in [1.807, 2.05) is 38.2 Å². The van der Waals surface area contributed by atoms with E-state index in [0.29, 0.717) is 5.82 Å². The van der Waals surface area contributed by atoms with Crippen molar-refractivity contribution in [1.82, 2.24) is 14.8 Å². The van der Waals surface area contributed by atoms with Crippen molar-refractivity contribution in [2.24, 2.45) is 7.05 Å². The number of ether oxygens (including phenoxy) is 1. The third kappa shape index (κ3) is 3.36. The Balaban J connectivity index is 1.91. The molecule has 1 heterocycles. The van der Waals surface area contributed by atoms with Gasteiger partial charge in [0.25, 0.3) is 0 Å². The van der Waals surface area contributed by atoms with Crippen molar-refractivity contribution in [3.05, 3.63) is 54.1 Å². The van der Waals surface area contributed by atoms with Crippen LogP contribution in [0.15, 0.2) is 48.5 Å². The van der Waals surface area contributed by atoms with Gasteiger partial charge in [0.15, 0.2) is 11.6 Å². The second-order valence-corrected chi connectivity index (χ2v) is 5.15. The fourth-order valence-electron chi connectivity index (χ4n) is 2.33. The SMILES string of the molecule is Cc1cccc(-c2nc(-c3ccc(OC(F)F)cc3)nn2C)c1. The van der Waals surface area contributed by atoms with Crippen LogP contribution in [0, 0.1) is 6.92 Å². The Morgan fingerprint density at radius 3 is 2.43 bits per heavy atom. The first-order valence-electron chi connectivity index (χ1n) is 7.06. The molecule has 0 N–H and O–H groups in total. The Morgan fingerprint density at radius 2 is 1.78 bits per heavy atom. The van der Waals surface area contributed by atoms with Gasteiger partial charge in [0, 0.05) is 18.2 Å². The number of benzene rings is 2. The smallest absolute Gasteiger partial charge is 0.387 e. The van der Waals surface area contributed by atoms with Crippen LogP contribution < -0.4 is 4.74 Å². The summed E-state index contributed by atoms with van der Waals surface area (Å²) < 4.78 is 30.4. The summed E-state index contributed by atoms with van der Waals surface area (Å²) >= 11 is 0. The second-order valence-electron chi connectivity index (χ2n) is 5.15. The van der Waals surface area contributed by atoms with Gasteiger partial charge in [-0.15, -0.1) is 0 Å². The van der Waals surface area contributed by atoms with E-state index in [1.54, 1.807) is 16.8 Å². The van der Waals surface area contributed by atoms with Crippen molar-refractivity contribution >= 4 is 0 Å². The van der Waals surface area contributed by atoms with Gasteiger partial charge in [0.2, 0.25) is 0 Å². The maximum atomic E-state index is 12.2. The molecule has 3 rings (SSSR count). The molecule has 0 spiro atoms. The minimum atomic E-state index is -2.83. The topological polar surface area (TPSA) is 39.9 Å². The number of aromatic nitrogens is 3. The lowest BCUT2D eigenvalue weighted by molar-refractivity contribution is -0.0498. The Bertz CT molecular complexity index is 813. The predicted octanol–water partition coefficient (Wildman–Crippen LogP) is 4.06. The zero-order chi connectivity index (χ0) is 16.4. The van der Waals surface area contributed by atoms with Gasteiger partial charge >= 0.3 is 6.61 Å². The highest BCUT2D eigenvalue weighted by Gasteiger charge is 2.12. The maximum Gasteiger partial charge on any atom is 0.387 e. The fourth-order valence-corrected chi connectivity index (χ4v) is 2.33. The normalized spacial score (nSPS) is 11.0. The summed E-state index contributed by atoms with van der Waals surface area (Å²) in [6, 6.07) is 14.3. The Kier molecular flexibility index (Phi) is 4.06. The molecule has 1 aromatic heterocycles. The molecule has 2 aromatic carbocycles. The number of nitrogens with zero attached hydrogens (tertiary/aromatic N) is 3. The minimum absolute atomic E-state index is 0.110. The van der Waals surface area contributed by atoms with E-state index in [2.05, 4.69) is 14.8 Å². The van der Waals surface area contributed by atoms with Gasteiger partial charge in [-0.1, -0.05) is 23.8 Å². The highest BCUT2D eigenvalue weighted by atomic mass is 19.3. The quantitative estimate of drug-likeness (QED) is 0.729. The monoisotopic (exact) mass is 315 g/mol. The molecule has 0 saturated carbocycles. The molecule has 0 aliphatic rings. The number of hydrogen-bond donors (Lipinski definition) is 0. The summed E-state index contributed by atoms with van der Waals surface area (Å²) in [5, 5.41) is 4.39. The molecule has 0 saturated heterocycles. The minimum Gasteiger partial charge on any atom is -0.435 e. The third-order valence-electron chi connectivity index (χ3n) is 3.38. The largest absolute Gasteiger partial charge is 0.435 e. The molecule has 0 fully saturated rings. The van der Waals surface area contributed by atoms with Crippen LogP contribution in [-0.2, 0) is 7.05 Å². The van der Waals surface area contributed by atoms with Crippen molar-refractivity contribution < 1.29 is 13.5 Å². The first-order chi connectivity index (χ1) is 11.0. The van der Waals surface area contributed by atoms with Gasteiger partial charge in [-0.3, -0.25) is 0 Å². The van der Waals surface area contributed by atoms with E-state index in [1.165, 1.54) is 12.1 Å². The van der Waals surface area contributed by atoms with E-state index in [9.17, 15) is 8.78 Å². The summed E-state index contributed by atoms with van der Waals surface area (Å²) in [6.45, 7) is -0.815. The second kappa shape index (κ2) is 6.16. The molecule has 4 nitrogen and oxygen atoms in total. The molecule has 0 amide bonds. The van der Waals surface area contributed by atoms with Gasteiger partial charge in [-0.25, -0.2) is 9.67 Å². The molecule has 23 heavy (non-hydrogen) atoms. The van der Waals surface area contributed by atoms with Crippen LogP contribution in [0.3, 0.4) is 0 Å². The van der Waals surface area contributed by atoms with Crippen molar-refractivity contribution in [3.63, 3.8) is 0 Å². The Labute approximate surface area is 132 Å². The molecular weight excluding hydrogens is 300 g/mol. The van der Waals surface area contributed by atoms with E-state index in [-0.39, 0.29) is 5.75 Å². The van der Waals surface area contributed by atoms with Crippen LogP contribution >= 0.6 is 0 Å². The van der Waals surface area contributed by atoms with E-state index < -0.39 is 6.61 Å². The first kappa shape index (κ1) is 15.1. The standard InChI is InChI=1S/C17H15F2N3O/c1-11-4-3-5-13(10-11)16-20-15(21-22(16)2)12-6-8-14(9-7-12)23-17(18)19/h3-10,17H,1-2H3. The van der Waals surface area contributed by atoms with Crippen molar-refractivity contribution in [1.29, 1.82) is 0 Å². The predicted molar refractivity (Wildman–Crippen MR) is 83.2 cm³/mol. The molecule has 0 atom stereocenters. The molecule has 0 bridgehead atoms. The van der Waals surface area contributed by atoms with Crippen LogP contribution in [0.1, 0.15) is 5.56 Å². The van der Waals surface area contributed by atoms with Crippen molar-refractivity contribution in [2.75, 3.05) is 0 Å². The zero-order valence-electron chi connectivity index (χ0n) is 12.7. The Hall–Kier alpha value is -2.76. The Morgan fingerprint density at radius 1 is 1.04 bits per heavy atom. The fraction of sp³-hybridized carbons (Fsp3) is 0.176. The van der Waals surface area contributed by atoms with Crippen LogP contribution in [0.25, 0.3) is 22.8 Å². The highest BCUT2D eigenvalue weighted by molar-refractivity contribution is 5.62. The van der Waals surface area contributed by atoms with Crippen LogP contribution in [-0.4, -0.2) is 21.4 Å². The van der Waals surface area contributed by atoms with Gasteiger partial charge in [0.1, 0.15) is 5.75 Å². The molecule has 3 aromatic rings. The number of aryl methyl sites for hydroxylation is 2. The van der Waals surface area contributed by atoms with Crippen molar-refractivity contribution in [3.8, 4) is 28.5 Å². The lowest BCUT2D eigenvalue weighted by atomic mass is 10.1. The van der Waals surface area contributed by atoms with Gasteiger partial charge < -0.3 is 4.74 Å². The van der Waals surface area contributed by atoms with E-state index >= 15 is 0 Å². The number of rotatable bonds is 4. The number of hydrogen-bond acceptors (Lipinski definition) is 3. The molecule has 118 valence electrons. The first-order valence-corrected chi connectivity index (χ1v) is 7.06. The summed E-state index contributed by atoms with van der Waals surface area (Å²) in [4.78, 5) is 4.54. The number of halogens is 2. The van der Waals surface area contributed by atoms with Crippen LogP contribution in [0.2, 0.25) is 0 Å². The lowest BCUT2D eigenvalue weighted by Gasteiger charge is -2.03. The molecule has 0 aliphatic heterocycles. The summed E-state index contributed by atoms with van der Waals surface area (Å²) in [7, 11) is 1.82. The molecular formula is C17H15F2N3O. The third-order valence-corrected chi connectivity index (χ3v) is 3.38. The molecule has 0 radical (unpaired) electrons. The average Bonchev–Trinajstić information content (AvgIpc) is 2.89. The van der Waals surface area contributed by atoms with Gasteiger partial charge in [0.05, 0.1) is 0 Å². The maximum absolute atomic E-state index is 12.2. The van der Waals surface area contributed by atoms with Crippen LogP contribution in [0.5, 0.6) is 5.75 Å². The number of alkyl halides is 2. The molecule has 6 heteroatoms. The molecule has 0 unspecified atom stereocenters. The zero-order valence-corrected chi connectivity index (χ0v) is 12.7. The summed E-state index contributed by atoms with van der Waals surface area (Å²) in [5.41, 5.74) is 2.85. The highest BCUT2D eigenvalue weighted by Crippen LogP contribution is 2.24. The van der Waals surface area contributed by atoms with Gasteiger partial charge in [-0.2, -0.15) is 13.9 Å². The van der Waals surface area contributed by atoms with Gasteiger partial charge in [-0.05, 0) is 37.3 Å². The van der Waals surface area contributed by atoms with E-state index in [4.69, 9.17) is 0 Å². The molecule has 0 aliphatic carbocycles. The summed E-state index contributed by atoms with van der Waals surface area (Å²) in [6.07, 6.45) is 0. The van der Waals surface area contributed by atoms with E-state index in [0.717, 1.165) is 22.5 Å². The summed E-state index contributed by atoms with van der Waals surface area (Å²) in [5.74, 6) is 1.39. The lowest BCUT2D eigenvalue weighted by Crippen LogP contribution is -2.01. The van der Waals surface area contributed by atoms with Crippen molar-refractivity contribution in [2.45, 2.75) is 13.5 Å².